The Bertz CT molecular complexity index is 345. The van der Waals surface area contributed by atoms with Gasteiger partial charge in [-0.25, -0.2) is 0 Å². The molecule has 0 spiro atoms. The van der Waals surface area contributed by atoms with Crippen LogP contribution in [0.4, 0.5) is 0 Å². The lowest BCUT2D eigenvalue weighted by atomic mass is 9.90. The fourth-order valence-corrected chi connectivity index (χ4v) is 2.24. The van der Waals surface area contributed by atoms with Crippen LogP contribution in [0.1, 0.15) is 5.56 Å². The van der Waals surface area contributed by atoms with Crippen molar-refractivity contribution < 1.29 is 9.47 Å². The van der Waals surface area contributed by atoms with Crippen molar-refractivity contribution in [3.63, 3.8) is 0 Å². The Morgan fingerprint density at radius 2 is 2.44 bits per heavy atom. The van der Waals surface area contributed by atoms with Gasteiger partial charge in [-0.3, -0.25) is 0 Å². The molecule has 0 aliphatic carbocycles. The van der Waals surface area contributed by atoms with Gasteiger partial charge < -0.3 is 14.8 Å². The van der Waals surface area contributed by atoms with E-state index in [0.29, 0.717) is 13.2 Å². The van der Waals surface area contributed by atoms with Crippen molar-refractivity contribution in [3.05, 3.63) is 34.9 Å². The molecule has 1 aromatic carbocycles. The average Bonchev–Trinajstić information content (AvgIpc) is 2.31. The summed E-state index contributed by atoms with van der Waals surface area (Å²) in [5, 5.41) is 4.20. The first-order chi connectivity index (χ1) is 7.77. The zero-order chi connectivity index (χ0) is 11.4. The topological polar surface area (TPSA) is 30.5 Å². The molecule has 0 amide bonds. The Morgan fingerprint density at radius 3 is 3.06 bits per heavy atom. The largest absolute Gasteiger partial charge is 0.382 e. The Labute approximate surface area is 101 Å². The molecule has 0 bridgehead atoms. The van der Waals surface area contributed by atoms with Crippen LogP contribution in [0, 0.1) is 0 Å². The fourth-order valence-electron chi connectivity index (χ4n) is 2.05. The minimum absolute atomic E-state index is 0.266. The number of hydrogen-bond acceptors (Lipinski definition) is 3. The molecular formula is C12H16ClNO2. The molecule has 88 valence electrons. The van der Waals surface area contributed by atoms with Crippen LogP contribution in [-0.2, 0) is 15.0 Å². The van der Waals surface area contributed by atoms with E-state index in [1.807, 2.05) is 24.3 Å². The maximum atomic E-state index is 6.02. The zero-order valence-electron chi connectivity index (χ0n) is 9.33. The molecule has 1 saturated heterocycles. The van der Waals surface area contributed by atoms with Gasteiger partial charge in [0.1, 0.15) is 0 Å². The lowest BCUT2D eigenvalue weighted by molar-refractivity contribution is -0.0147. The molecule has 1 unspecified atom stereocenters. The summed E-state index contributed by atoms with van der Waals surface area (Å²) < 4.78 is 10.8. The molecule has 0 saturated carbocycles. The summed E-state index contributed by atoms with van der Waals surface area (Å²) in [5.41, 5.74) is 0.847. The van der Waals surface area contributed by atoms with Crippen molar-refractivity contribution in [3.8, 4) is 0 Å². The molecule has 1 fully saturated rings. The highest BCUT2D eigenvalue weighted by atomic mass is 35.5. The first-order valence-electron chi connectivity index (χ1n) is 5.35. The number of morpholine rings is 1. The molecule has 1 aliphatic heterocycles. The minimum Gasteiger partial charge on any atom is -0.382 e. The van der Waals surface area contributed by atoms with Crippen LogP contribution >= 0.6 is 11.6 Å². The number of ether oxygens (including phenoxy) is 2. The van der Waals surface area contributed by atoms with E-state index in [-0.39, 0.29) is 5.54 Å². The molecule has 2 rings (SSSR count). The Kier molecular flexibility index (Phi) is 3.82. The maximum Gasteiger partial charge on any atom is 0.0909 e. The highest BCUT2D eigenvalue weighted by Crippen LogP contribution is 2.26. The molecule has 3 nitrogen and oxygen atoms in total. The van der Waals surface area contributed by atoms with E-state index in [1.54, 1.807) is 7.11 Å². The number of halogens is 1. The second-order valence-corrected chi connectivity index (χ2v) is 4.44. The van der Waals surface area contributed by atoms with Crippen LogP contribution in [0.5, 0.6) is 0 Å². The summed E-state index contributed by atoms with van der Waals surface area (Å²) in [5.74, 6) is 0. The van der Waals surface area contributed by atoms with Crippen molar-refractivity contribution >= 4 is 11.6 Å². The quantitative estimate of drug-likeness (QED) is 0.876. The predicted molar refractivity (Wildman–Crippen MR) is 63.8 cm³/mol. The first kappa shape index (κ1) is 11.9. The van der Waals surface area contributed by atoms with Gasteiger partial charge in [-0.15, -0.1) is 0 Å². The van der Waals surface area contributed by atoms with Gasteiger partial charge in [0.05, 0.1) is 25.4 Å². The van der Waals surface area contributed by atoms with E-state index >= 15 is 0 Å². The number of nitrogens with one attached hydrogen (secondary N) is 1. The maximum absolute atomic E-state index is 6.02. The number of methoxy groups -OCH3 is 1. The van der Waals surface area contributed by atoms with E-state index in [0.717, 1.165) is 23.7 Å². The molecule has 16 heavy (non-hydrogen) atoms. The summed E-state index contributed by atoms with van der Waals surface area (Å²) in [6.45, 7) is 2.76. The molecule has 1 atom stereocenters. The van der Waals surface area contributed by atoms with Crippen molar-refractivity contribution in [2.75, 3.05) is 33.5 Å². The Balaban J connectivity index is 2.30. The second-order valence-electron chi connectivity index (χ2n) is 4.00. The van der Waals surface area contributed by atoms with Crippen LogP contribution in [0.25, 0.3) is 0 Å². The zero-order valence-corrected chi connectivity index (χ0v) is 10.1. The molecule has 4 heteroatoms. The first-order valence-corrected chi connectivity index (χ1v) is 5.72. The number of hydrogen-bond donors (Lipinski definition) is 1. The molecule has 1 aromatic rings. The molecule has 0 aromatic heterocycles. The van der Waals surface area contributed by atoms with Gasteiger partial charge in [-0.05, 0) is 17.7 Å². The molecule has 1 N–H and O–H groups in total. The van der Waals surface area contributed by atoms with Crippen LogP contribution in [0.2, 0.25) is 5.02 Å². The van der Waals surface area contributed by atoms with E-state index < -0.39 is 0 Å². The highest BCUT2D eigenvalue weighted by molar-refractivity contribution is 6.30. The molecule has 1 aliphatic rings. The lowest BCUT2D eigenvalue weighted by Crippen LogP contribution is -2.54. The van der Waals surface area contributed by atoms with Gasteiger partial charge in [0.25, 0.3) is 0 Å². The van der Waals surface area contributed by atoms with Crippen LogP contribution in [-0.4, -0.2) is 33.5 Å². The van der Waals surface area contributed by atoms with E-state index in [4.69, 9.17) is 21.1 Å². The van der Waals surface area contributed by atoms with E-state index in [2.05, 4.69) is 5.32 Å². The van der Waals surface area contributed by atoms with Crippen molar-refractivity contribution in [2.24, 2.45) is 0 Å². The monoisotopic (exact) mass is 241 g/mol. The predicted octanol–water partition coefficient (Wildman–Crippen LogP) is 1.80. The van der Waals surface area contributed by atoms with Gasteiger partial charge in [0.2, 0.25) is 0 Å². The number of benzene rings is 1. The van der Waals surface area contributed by atoms with E-state index in [1.165, 1.54) is 0 Å². The number of rotatable bonds is 3. The molecule has 0 radical (unpaired) electrons. The standard InChI is InChI=1S/C12H16ClNO2/c1-15-8-12(9-16-6-5-14-12)10-3-2-4-11(13)7-10/h2-4,7,14H,5-6,8-9H2,1H3. The second kappa shape index (κ2) is 5.15. The normalized spacial score (nSPS) is 25.6. The van der Waals surface area contributed by atoms with Crippen molar-refractivity contribution in [2.45, 2.75) is 5.54 Å². The van der Waals surface area contributed by atoms with Crippen molar-refractivity contribution in [1.29, 1.82) is 0 Å². The SMILES string of the molecule is COCC1(c2cccc(Cl)c2)COCCN1. The van der Waals surface area contributed by atoms with Gasteiger partial charge in [0, 0.05) is 18.7 Å². The van der Waals surface area contributed by atoms with Crippen LogP contribution in [0.15, 0.2) is 24.3 Å². The van der Waals surface area contributed by atoms with E-state index in [9.17, 15) is 0 Å². The molecular weight excluding hydrogens is 226 g/mol. The van der Waals surface area contributed by atoms with Gasteiger partial charge in [-0.2, -0.15) is 0 Å². The van der Waals surface area contributed by atoms with Crippen molar-refractivity contribution in [1.82, 2.24) is 5.32 Å². The van der Waals surface area contributed by atoms with Crippen LogP contribution in [0.3, 0.4) is 0 Å². The Morgan fingerprint density at radius 1 is 1.56 bits per heavy atom. The average molecular weight is 242 g/mol. The summed E-state index contributed by atoms with van der Waals surface area (Å²) in [6.07, 6.45) is 0. The smallest absolute Gasteiger partial charge is 0.0909 e. The van der Waals surface area contributed by atoms with Gasteiger partial charge in [0.15, 0.2) is 0 Å². The summed E-state index contributed by atoms with van der Waals surface area (Å²) >= 11 is 6.02. The highest BCUT2D eigenvalue weighted by Gasteiger charge is 2.34. The van der Waals surface area contributed by atoms with Gasteiger partial charge >= 0.3 is 0 Å². The molecule has 1 heterocycles. The third kappa shape index (κ3) is 2.38. The lowest BCUT2D eigenvalue weighted by Gasteiger charge is -2.38. The third-order valence-electron chi connectivity index (χ3n) is 2.83. The summed E-state index contributed by atoms with van der Waals surface area (Å²) in [7, 11) is 1.70. The third-order valence-corrected chi connectivity index (χ3v) is 3.06. The fraction of sp³-hybridized carbons (Fsp3) is 0.500. The van der Waals surface area contributed by atoms with Gasteiger partial charge in [-0.1, -0.05) is 23.7 Å². The minimum atomic E-state index is -0.266. The van der Waals surface area contributed by atoms with Crippen LogP contribution < -0.4 is 5.32 Å². The Hall–Kier alpha value is -0.610. The summed E-state index contributed by atoms with van der Waals surface area (Å²) in [4.78, 5) is 0. The summed E-state index contributed by atoms with van der Waals surface area (Å²) in [6, 6.07) is 7.83.